The Hall–Kier alpha value is -1.42. The van der Waals surface area contributed by atoms with Gasteiger partial charge in [-0.25, -0.2) is 0 Å². The topological polar surface area (TPSA) is 18.5 Å². The van der Waals surface area contributed by atoms with Crippen molar-refractivity contribution in [1.29, 1.82) is 0 Å². The van der Waals surface area contributed by atoms with Gasteiger partial charge in [0.25, 0.3) is 0 Å². The van der Waals surface area contributed by atoms with E-state index in [-0.39, 0.29) is 0 Å². The summed E-state index contributed by atoms with van der Waals surface area (Å²) in [5, 5.41) is 3.54. The highest BCUT2D eigenvalue weighted by atomic mass is 28.4. The van der Waals surface area contributed by atoms with Crippen molar-refractivity contribution in [2.24, 2.45) is 0 Å². The van der Waals surface area contributed by atoms with E-state index in [0.29, 0.717) is 0 Å². The van der Waals surface area contributed by atoms with E-state index in [9.17, 15) is 0 Å². The van der Waals surface area contributed by atoms with Gasteiger partial charge >= 0.3 is 8.56 Å². The lowest BCUT2D eigenvalue weighted by molar-refractivity contribution is 0.265. The third kappa shape index (κ3) is 2.01. The van der Waals surface area contributed by atoms with E-state index >= 15 is 0 Å². The summed E-state index contributed by atoms with van der Waals surface area (Å²) in [5.74, 6) is 0. The summed E-state index contributed by atoms with van der Waals surface area (Å²) in [4.78, 5) is 0. The van der Waals surface area contributed by atoms with Crippen molar-refractivity contribution >= 4 is 30.6 Å². The Labute approximate surface area is 109 Å². The lowest BCUT2D eigenvalue weighted by atomic mass is 10.0. The molecule has 0 saturated heterocycles. The van der Waals surface area contributed by atoms with Crippen LogP contribution in [0.3, 0.4) is 0 Å². The largest absolute Gasteiger partial charge is 0.394 e. The molecule has 0 N–H and O–H groups in total. The Balaban J connectivity index is 2.78. The Morgan fingerprint density at radius 1 is 1.00 bits per heavy atom. The second kappa shape index (κ2) is 5.06. The predicted molar refractivity (Wildman–Crippen MR) is 79.3 cm³/mol. The zero-order valence-electron chi connectivity index (χ0n) is 11.1. The Morgan fingerprint density at radius 2 is 1.61 bits per heavy atom. The molecule has 0 unspecified atom stereocenters. The molecule has 2 rings (SSSR count). The van der Waals surface area contributed by atoms with Crippen molar-refractivity contribution in [2.45, 2.75) is 6.55 Å². The van der Waals surface area contributed by atoms with E-state index in [0.717, 1.165) is 10.8 Å². The molecule has 0 fully saturated rings. The van der Waals surface area contributed by atoms with Gasteiger partial charge in [-0.3, -0.25) is 0 Å². The molecule has 3 heteroatoms. The van der Waals surface area contributed by atoms with Crippen LogP contribution >= 0.6 is 0 Å². The first-order valence-corrected chi connectivity index (χ1v) is 8.23. The molecule has 0 heterocycles. The molecule has 0 radical (unpaired) electrons. The minimum atomic E-state index is -2.31. The van der Waals surface area contributed by atoms with Crippen LogP contribution in [0.2, 0.25) is 6.55 Å². The molecule has 94 valence electrons. The van der Waals surface area contributed by atoms with Crippen LogP contribution < -0.4 is 5.19 Å². The number of fused-ring (bicyclic) bond motifs is 1. The van der Waals surface area contributed by atoms with E-state index < -0.39 is 8.56 Å². The van der Waals surface area contributed by atoms with Crippen LogP contribution in [0.1, 0.15) is 5.56 Å². The molecule has 0 spiro atoms. The van der Waals surface area contributed by atoms with Crippen molar-refractivity contribution in [3.63, 3.8) is 0 Å². The molecular weight excluding hydrogens is 240 g/mol. The van der Waals surface area contributed by atoms with Crippen LogP contribution in [0.5, 0.6) is 0 Å². The lowest BCUT2D eigenvalue weighted by Gasteiger charge is -2.25. The van der Waals surface area contributed by atoms with Crippen LogP contribution in [-0.4, -0.2) is 22.8 Å². The van der Waals surface area contributed by atoms with Crippen LogP contribution in [-0.2, 0) is 8.85 Å². The molecule has 2 aromatic rings. The number of hydrogen-bond acceptors (Lipinski definition) is 2. The maximum Gasteiger partial charge on any atom is 0.369 e. The summed E-state index contributed by atoms with van der Waals surface area (Å²) in [6.07, 6.45) is 1.88. The summed E-state index contributed by atoms with van der Waals surface area (Å²) in [6, 6.07) is 12.5. The van der Waals surface area contributed by atoms with Crippen LogP contribution in [0.25, 0.3) is 16.8 Å². The smallest absolute Gasteiger partial charge is 0.369 e. The average molecular weight is 258 g/mol. The van der Waals surface area contributed by atoms with Gasteiger partial charge in [0.05, 0.1) is 0 Å². The average Bonchev–Trinajstić information content (AvgIpc) is 2.45. The highest BCUT2D eigenvalue weighted by Crippen LogP contribution is 2.21. The quantitative estimate of drug-likeness (QED) is 0.785. The van der Waals surface area contributed by atoms with Crippen molar-refractivity contribution in [3.8, 4) is 0 Å². The molecule has 2 nitrogen and oxygen atoms in total. The standard InChI is InChI=1S/C15H18O2Si/c1-5-12-10-11-15(18(4,16-2)17-3)14-9-7-6-8-13(12)14/h5-11H,1H2,2-4H3. The predicted octanol–water partition coefficient (Wildman–Crippen LogP) is 3.05. The maximum atomic E-state index is 5.65. The Morgan fingerprint density at radius 3 is 2.17 bits per heavy atom. The minimum absolute atomic E-state index is 1.14. The van der Waals surface area contributed by atoms with E-state index in [2.05, 4.69) is 37.4 Å². The fraction of sp³-hybridized carbons (Fsp3) is 0.200. The highest BCUT2D eigenvalue weighted by Gasteiger charge is 2.33. The molecule has 0 bridgehead atoms. The van der Waals surface area contributed by atoms with Crippen molar-refractivity contribution in [3.05, 3.63) is 48.5 Å². The monoisotopic (exact) mass is 258 g/mol. The van der Waals surface area contributed by atoms with E-state index in [4.69, 9.17) is 8.85 Å². The minimum Gasteiger partial charge on any atom is -0.394 e. The first kappa shape index (κ1) is 13.0. The first-order chi connectivity index (χ1) is 8.66. The van der Waals surface area contributed by atoms with E-state index in [1.54, 1.807) is 14.2 Å². The molecule has 0 atom stereocenters. The Kier molecular flexibility index (Phi) is 3.66. The molecule has 2 aromatic carbocycles. The third-order valence-corrected chi connectivity index (χ3v) is 6.42. The lowest BCUT2D eigenvalue weighted by Crippen LogP contribution is -2.49. The van der Waals surface area contributed by atoms with Crippen molar-refractivity contribution in [1.82, 2.24) is 0 Å². The Bertz CT molecular complexity index is 574. The zero-order chi connectivity index (χ0) is 13.2. The van der Waals surface area contributed by atoms with E-state index in [1.165, 1.54) is 10.8 Å². The van der Waals surface area contributed by atoms with Gasteiger partial charge < -0.3 is 8.85 Å². The van der Waals surface area contributed by atoms with Gasteiger partial charge in [-0.15, -0.1) is 0 Å². The number of benzene rings is 2. The van der Waals surface area contributed by atoms with Crippen molar-refractivity contribution in [2.75, 3.05) is 14.2 Å². The van der Waals surface area contributed by atoms with Gasteiger partial charge in [-0.2, -0.15) is 0 Å². The normalized spacial score (nSPS) is 11.7. The van der Waals surface area contributed by atoms with Gasteiger partial charge in [0.15, 0.2) is 0 Å². The molecule has 0 aliphatic carbocycles. The fourth-order valence-corrected chi connectivity index (χ4v) is 3.90. The van der Waals surface area contributed by atoms with Gasteiger partial charge in [-0.05, 0) is 22.9 Å². The first-order valence-electron chi connectivity index (χ1n) is 5.91. The highest BCUT2D eigenvalue weighted by molar-refractivity contribution is 6.82. The van der Waals surface area contributed by atoms with Gasteiger partial charge in [0, 0.05) is 19.4 Å². The van der Waals surface area contributed by atoms with Crippen molar-refractivity contribution < 1.29 is 8.85 Å². The summed E-state index contributed by atoms with van der Waals surface area (Å²) in [5.41, 5.74) is 1.14. The molecule has 0 aliphatic heterocycles. The van der Waals surface area contributed by atoms with Gasteiger partial charge in [0.2, 0.25) is 0 Å². The molecule has 0 amide bonds. The SMILES string of the molecule is C=Cc1ccc([Si](C)(OC)OC)c2ccccc12. The molecule has 0 aromatic heterocycles. The van der Waals surface area contributed by atoms with Gasteiger partial charge in [0.1, 0.15) is 0 Å². The van der Waals surface area contributed by atoms with Crippen LogP contribution in [0.15, 0.2) is 43.0 Å². The molecular formula is C15H18O2Si. The summed E-state index contributed by atoms with van der Waals surface area (Å²) >= 11 is 0. The maximum absolute atomic E-state index is 5.65. The van der Waals surface area contributed by atoms with E-state index in [1.807, 2.05) is 18.2 Å². The zero-order valence-corrected chi connectivity index (χ0v) is 12.1. The number of hydrogen-bond donors (Lipinski definition) is 0. The summed E-state index contributed by atoms with van der Waals surface area (Å²) in [7, 11) is 1.12. The molecule has 0 saturated carbocycles. The van der Waals surface area contributed by atoms with Crippen LogP contribution in [0.4, 0.5) is 0 Å². The second-order valence-electron chi connectivity index (χ2n) is 4.31. The third-order valence-electron chi connectivity index (χ3n) is 3.45. The van der Waals surface area contributed by atoms with Crippen LogP contribution in [0, 0.1) is 0 Å². The summed E-state index contributed by atoms with van der Waals surface area (Å²) < 4.78 is 11.3. The fourth-order valence-electron chi connectivity index (χ4n) is 2.20. The second-order valence-corrected chi connectivity index (χ2v) is 7.55. The summed E-state index contributed by atoms with van der Waals surface area (Å²) in [6.45, 7) is 5.92. The molecule has 0 aliphatic rings. The molecule has 18 heavy (non-hydrogen) atoms. The van der Waals surface area contributed by atoms with Gasteiger partial charge in [-0.1, -0.05) is 49.1 Å². The number of rotatable bonds is 4.